The van der Waals surface area contributed by atoms with Crippen LogP contribution < -0.4 is 4.74 Å². The summed E-state index contributed by atoms with van der Waals surface area (Å²) in [5.74, 6) is 0.887. The van der Waals surface area contributed by atoms with E-state index in [0.717, 1.165) is 0 Å². The van der Waals surface area contributed by atoms with Crippen LogP contribution in [0.3, 0.4) is 0 Å². The van der Waals surface area contributed by atoms with Gasteiger partial charge in [0.05, 0.1) is 13.2 Å². The zero-order valence-corrected chi connectivity index (χ0v) is 10.9. The van der Waals surface area contributed by atoms with Crippen LogP contribution in [-0.4, -0.2) is 29.9 Å². The molecule has 0 unspecified atom stereocenters. The van der Waals surface area contributed by atoms with Crippen molar-refractivity contribution in [2.24, 2.45) is 5.92 Å². The third kappa shape index (κ3) is 5.35. The van der Waals surface area contributed by atoms with Crippen LogP contribution in [0.15, 0.2) is 12.3 Å². The zero-order valence-electron chi connectivity index (χ0n) is 10.1. The molecule has 0 aromatic carbocycles. The molecule has 1 aromatic rings. The second kappa shape index (κ2) is 7.48. The van der Waals surface area contributed by atoms with Crippen LogP contribution >= 0.6 is 11.6 Å². The molecule has 1 heterocycles. The lowest BCUT2D eigenvalue weighted by Gasteiger charge is -2.09. The van der Waals surface area contributed by atoms with E-state index < -0.39 is 0 Å². The average molecular weight is 260 g/mol. The minimum Gasteiger partial charge on any atom is -0.474 e. The number of rotatable bonds is 7. The normalized spacial score (nSPS) is 10.9. The van der Waals surface area contributed by atoms with E-state index in [1.807, 2.05) is 0 Å². The van der Waals surface area contributed by atoms with Gasteiger partial charge in [-0.05, 0) is 17.5 Å². The van der Waals surface area contributed by atoms with Crippen LogP contribution in [0.4, 0.5) is 0 Å². The smallest absolute Gasteiger partial charge is 0.232 e. The summed E-state index contributed by atoms with van der Waals surface area (Å²) in [7, 11) is 0. The van der Waals surface area contributed by atoms with Gasteiger partial charge < -0.3 is 14.6 Å². The number of pyridine rings is 1. The van der Waals surface area contributed by atoms with Crippen molar-refractivity contribution in [3.63, 3.8) is 0 Å². The Bertz CT molecular complexity index is 345. The van der Waals surface area contributed by atoms with Gasteiger partial charge in [-0.15, -0.1) is 0 Å². The predicted molar refractivity (Wildman–Crippen MR) is 66.3 cm³/mol. The Morgan fingerprint density at radius 1 is 1.41 bits per heavy atom. The molecule has 0 atom stereocenters. The van der Waals surface area contributed by atoms with Gasteiger partial charge in [-0.25, -0.2) is 4.98 Å². The summed E-state index contributed by atoms with van der Waals surface area (Å²) < 4.78 is 10.7. The van der Waals surface area contributed by atoms with Crippen LogP contribution in [0, 0.1) is 5.92 Å². The van der Waals surface area contributed by atoms with Gasteiger partial charge in [-0.1, -0.05) is 25.4 Å². The Morgan fingerprint density at radius 3 is 2.76 bits per heavy atom. The molecule has 17 heavy (non-hydrogen) atoms. The van der Waals surface area contributed by atoms with Crippen molar-refractivity contribution in [2.45, 2.75) is 20.5 Å². The van der Waals surface area contributed by atoms with E-state index in [2.05, 4.69) is 18.8 Å². The van der Waals surface area contributed by atoms with E-state index >= 15 is 0 Å². The van der Waals surface area contributed by atoms with E-state index in [1.54, 1.807) is 6.07 Å². The van der Waals surface area contributed by atoms with E-state index in [1.165, 1.54) is 6.20 Å². The molecule has 1 N–H and O–H groups in total. The summed E-state index contributed by atoms with van der Waals surface area (Å²) >= 11 is 5.93. The number of nitrogens with zero attached hydrogens (tertiary/aromatic N) is 1. The van der Waals surface area contributed by atoms with Crippen LogP contribution in [0.2, 0.25) is 5.02 Å². The molecule has 0 bridgehead atoms. The fourth-order valence-corrected chi connectivity index (χ4v) is 1.42. The van der Waals surface area contributed by atoms with Crippen LogP contribution in [0.5, 0.6) is 5.88 Å². The molecule has 0 aliphatic heterocycles. The molecular weight excluding hydrogens is 242 g/mol. The Hall–Kier alpha value is -0.840. The molecule has 0 saturated carbocycles. The molecule has 0 aliphatic carbocycles. The first-order valence-corrected chi connectivity index (χ1v) is 5.97. The highest BCUT2D eigenvalue weighted by Gasteiger charge is 2.04. The number of hydrogen-bond donors (Lipinski definition) is 1. The minimum absolute atomic E-state index is 0.0789. The van der Waals surface area contributed by atoms with Gasteiger partial charge >= 0.3 is 0 Å². The van der Waals surface area contributed by atoms with Gasteiger partial charge in [-0.2, -0.15) is 0 Å². The lowest BCUT2D eigenvalue weighted by atomic mass is 10.2. The summed E-state index contributed by atoms with van der Waals surface area (Å²) in [6, 6.07) is 1.64. The van der Waals surface area contributed by atoms with Crippen LogP contribution in [-0.2, 0) is 11.3 Å². The first kappa shape index (κ1) is 14.2. The fourth-order valence-electron chi connectivity index (χ4n) is 1.17. The van der Waals surface area contributed by atoms with Crippen LogP contribution in [0.1, 0.15) is 19.4 Å². The zero-order chi connectivity index (χ0) is 12.7. The quantitative estimate of drug-likeness (QED) is 0.764. The molecular formula is C12H18ClNO3. The maximum atomic E-state index is 8.89. The van der Waals surface area contributed by atoms with Crippen molar-refractivity contribution in [1.82, 2.24) is 4.98 Å². The van der Waals surface area contributed by atoms with E-state index in [9.17, 15) is 0 Å². The monoisotopic (exact) mass is 259 g/mol. The first-order valence-electron chi connectivity index (χ1n) is 5.59. The predicted octanol–water partition coefficient (Wildman–Crippen LogP) is 2.28. The molecule has 0 fully saturated rings. The van der Waals surface area contributed by atoms with Crippen molar-refractivity contribution >= 4 is 11.6 Å². The second-order valence-electron chi connectivity index (χ2n) is 4.11. The second-order valence-corrected chi connectivity index (χ2v) is 4.51. The molecule has 96 valence electrons. The van der Waals surface area contributed by atoms with Gasteiger partial charge in [0.15, 0.2) is 0 Å². The highest BCUT2D eigenvalue weighted by molar-refractivity contribution is 6.31. The number of ether oxygens (including phenoxy) is 2. The highest BCUT2D eigenvalue weighted by atomic mass is 35.5. The fraction of sp³-hybridized carbons (Fsp3) is 0.583. The average Bonchev–Trinajstić information content (AvgIpc) is 2.30. The Balaban J connectivity index is 2.32. The summed E-state index contributed by atoms with van der Waals surface area (Å²) in [5.41, 5.74) is 0.665. The summed E-state index contributed by atoms with van der Waals surface area (Å²) in [6.07, 6.45) is 1.54. The summed E-state index contributed by atoms with van der Waals surface area (Å²) in [5, 5.41) is 9.29. The SMILES string of the molecule is CC(C)COCCOc1ncc(CO)cc1Cl. The van der Waals surface area contributed by atoms with Crippen molar-refractivity contribution in [2.75, 3.05) is 19.8 Å². The van der Waals surface area contributed by atoms with Gasteiger partial charge in [0, 0.05) is 12.8 Å². The number of aromatic nitrogens is 1. The summed E-state index contributed by atoms with van der Waals surface area (Å²) in [6.45, 7) is 5.74. The first-order chi connectivity index (χ1) is 8.13. The Morgan fingerprint density at radius 2 is 2.18 bits per heavy atom. The lowest BCUT2D eigenvalue weighted by Crippen LogP contribution is -2.11. The van der Waals surface area contributed by atoms with Crippen molar-refractivity contribution < 1.29 is 14.6 Å². The maximum Gasteiger partial charge on any atom is 0.232 e. The topological polar surface area (TPSA) is 51.6 Å². The van der Waals surface area contributed by atoms with E-state index in [-0.39, 0.29) is 6.61 Å². The maximum absolute atomic E-state index is 8.89. The standard InChI is InChI=1S/C12H18ClNO3/c1-9(2)8-16-3-4-17-12-11(13)5-10(7-15)6-14-12/h5-6,9,15H,3-4,7-8H2,1-2H3. The number of aliphatic hydroxyl groups is 1. The summed E-state index contributed by atoms with van der Waals surface area (Å²) in [4.78, 5) is 4.01. The largest absolute Gasteiger partial charge is 0.474 e. The molecule has 0 radical (unpaired) electrons. The molecule has 1 aromatic heterocycles. The Kier molecular flexibility index (Phi) is 6.26. The van der Waals surface area contributed by atoms with Gasteiger partial charge in [-0.3, -0.25) is 0 Å². The van der Waals surface area contributed by atoms with Crippen molar-refractivity contribution in [3.8, 4) is 5.88 Å². The van der Waals surface area contributed by atoms with E-state index in [4.69, 9.17) is 26.2 Å². The molecule has 0 aliphatic rings. The number of hydrogen-bond acceptors (Lipinski definition) is 4. The molecule has 0 saturated heterocycles. The van der Waals surface area contributed by atoms with Gasteiger partial charge in [0.25, 0.3) is 0 Å². The van der Waals surface area contributed by atoms with E-state index in [0.29, 0.717) is 42.2 Å². The molecule has 5 heteroatoms. The molecule has 4 nitrogen and oxygen atoms in total. The highest BCUT2D eigenvalue weighted by Crippen LogP contribution is 2.22. The number of aliphatic hydroxyl groups excluding tert-OH is 1. The molecule has 0 spiro atoms. The minimum atomic E-state index is -0.0789. The molecule has 0 amide bonds. The lowest BCUT2D eigenvalue weighted by molar-refractivity contribution is 0.0806. The van der Waals surface area contributed by atoms with Crippen LogP contribution in [0.25, 0.3) is 0 Å². The third-order valence-corrected chi connectivity index (χ3v) is 2.24. The van der Waals surface area contributed by atoms with Crippen molar-refractivity contribution in [1.29, 1.82) is 0 Å². The van der Waals surface area contributed by atoms with Crippen molar-refractivity contribution in [3.05, 3.63) is 22.8 Å². The molecule has 1 rings (SSSR count). The van der Waals surface area contributed by atoms with Gasteiger partial charge in [0.1, 0.15) is 11.6 Å². The Labute approximate surface area is 107 Å². The van der Waals surface area contributed by atoms with Gasteiger partial charge in [0.2, 0.25) is 5.88 Å². The third-order valence-electron chi connectivity index (χ3n) is 1.96. The number of halogens is 1.